The van der Waals surface area contributed by atoms with Gasteiger partial charge in [-0.05, 0) is 44.0 Å². The number of carbonyl (C=O) groups excluding carboxylic acids is 2. The molecule has 2 aromatic rings. The molecule has 0 saturated carbocycles. The van der Waals surface area contributed by atoms with Crippen LogP contribution in [0.15, 0.2) is 52.5 Å². The third-order valence-corrected chi connectivity index (χ3v) is 3.46. The molecule has 0 spiro atoms. The minimum atomic E-state index is -0.507. The van der Waals surface area contributed by atoms with Crippen molar-refractivity contribution in [3.63, 3.8) is 0 Å². The van der Waals surface area contributed by atoms with E-state index in [1.165, 1.54) is 0 Å². The predicted octanol–water partition coefficient (Wildman–Crippen LogP) is 4.38. The van der Waals surface area contributed by atoms with Gasteiger partial charge in [0.1, 0.15) is 12.4 Å². The van der Waals surface area contributed by atoms with Gasteiger partial charge in [0, 0.05) is 6.42 Å². The van der Waals surface area contributed by atoms with Crippen LogP contribution in [0.3, 0.4) is 0 Å². The van der Waals surface area contributed by atoms with Gasteiger partial charge in [-0.15, -0.1) is 0 Å². The summed E-state index contributed by atoms with van der Waals surface area (Å²) in [6.07, 6.45) is 2.70. The van der Waals surface area contributed by atoms with Crippen LogP contribution in [0, 0.1) is 0 Å². The lowest BCUT2D eigenvalue weighted by atomic mass is 10.1. The number of esters is 2. The van der Waals surface area contributed by atoms with Gasteiger partial charge in [0.25, 0.3) is 0 Å². The molecule has 0 aliphatic rings. The Labute approximate surface area is 147 Å². The highest BCUT2D eigenvalue weighted by Gasteiger charge is 2.12. The first kappa shape index (κ1) is 18.5. The first-order valence-electron chi connectivity index (χ1n) is 8.22. The minimum absolute atomic E-state index is 0.153. The molecule has 1 aromatic carbocycles. The second-order valence-corrected chi connectivity index (χ2v) is 5.56. The zero-order chi connectivity index (χ0) is 18.1. The van der Waals surface area contributed by atoms with E-state index in [2.05, 4.69) is 0 Å². The van der Waals surface area contributed by atoms with Crippen molar-refractivity contribution < 1.29 is 23.5 Å². The molecular weight excluding hydrogens is 320 g/mol. The molecule has 1 heterocycles. The van der Waals surface area contributed by atoms with E-state index in [9.17, 15) is 9.59 Å². The van der Waals surface area contributed by atoms with Crippen LogP contribution in [0.1, 0.15) is 48.6 Å². The molecule has 0 radical (unpaired) electrons. The second kappa shape index (κ2) is 9.47. The van der Waals surface area contributed by atoms with E-state index >= 15 is 0 Å². The fourth-order valence-electron chi connectivity index (χ4n) is 2.18. The molecule has 0 fully saturated rings. The van der Waals surface area contributed by atoms with Gasteiger partial charge in [-0.3, -0.25) is 4.79 Å². The highest BCUT2D eigenvalue weighted by molar-refractivity contribution is 5.86. The summed E-state index contributed by atoms with van der Waals surface area (Å²) < 4.78 is 15.6. The lowest BCUT2D eigenvalue weighted by Crippen LogP contribution is -2.03. The lowest BCUT2D eigenvalue weighted by Gasteiger charge is -2.03. The van der Waals surface area contributed by atoms with Crippen molar-refractivity contribution in [1.29, 1.82) is 0 Å². The highest BCUT2D eigenvalue weighted by atomic mass is 16.5. The van der Waals surface area contributed by atoms with Crippen molar-refractivity contribution in [2.24, 2.45) is 0 Å². The maximum Gasteiger partial charge on any atom is 0.374 e. The van der Waals surface area contributed by atoms with Gasteiger partial charge in [-0.25, -0.2) is 4.79 Å². The molecule has 0 atom stereocenters. The van der Waals surface area contributed by atoms with Crippen LogP contribution in [0.5, 0.6) is 0 Å². The summed E-state index contributed by atoms with van der Waals surface area (Å²) >= 11 is 0. The average molecular weight is 342 g/mol. The number of benzene rings is 1. The summed E-state index contributed by atoms with van der Waals surface area (Å²) in [6, 6.07) is 12.7. The van der Waals surface area contributed by atoms with Crippen LogP contribution >= 0.6 is 0 Å². The van der Waals surface area contributed by atoms with E-state index < -0.39 is 5.97 Å². The Balaban J connectivity index is 1.87. The van der Waals surface area contributed by atoms with E-state index in [1.54, 1.807) is 25.1 Å². The minimum Gasteiger partial charge on any atom is -0.466 e. The third kappa shape index (κ3) is 6.30. The van der Waals surface area contributed by atoms with Gasteiger partial charge in [0.05, 0.1) is 6.61 Å². The molecule has 1 aromatic heterocycles. The van der Waals surface area contributed by atoms with Crippen molar-refractivity contribution in [3.05, 3.63) is 65.1 Å². The summed E-state index contributed by atoms with van der Waals surface area (Å²) in [5.74, 6) is -0.0269. The zero-order valence-corrected chi connectivity index (χ0v) is 14.5. The first-order valence-corrected chi connectivity index (χ1v) is 8.22. The maximum absolute atomic E-state index is 12.0. The van der Waals surface area contributed by atoms with Crippen molar-refractivity contribution in [2.75, 3.05) is 6.61 Å². The summed E-state index contributed by atoms with van der Waals surface area (Å²) in [5.41, 5.74) is 1.88. The van der Waals surface area contributed by atoms with Gasteiger partial charge in [-0.2, -0.15) is 0 Å². The molecule has 0 amide bonds. The first-order chi connectivity index (χ1) is 12.1. The highest BCUT2D eigenvalue weighted by Crippen LogP contribution is 2.16. The Hall–Kier alpha value is -2.82. The molecule has 0 N–H and O–H groups in total. The molecule has 132 valence electrons. The molecule has 0 unspecified atom stereocenters. The summed E-state index contributed by atoms with van der Waals surface area (Å²) in [4.78, 5) is 23.4. The summed E-state index contributed by atoms with van der Waals surface area (Å²) in [7, 11) is 0. The summed E-state index contributed by atoms with van der Waals surface area (Å²) in [6.45, 7) is 4.26. The Morgan fingerprint density at radius 1 is 1.04 bits per heavy atom. The van der Waals surface area contributed by atoms with Crippen LogP contribution in [0.25, 0.3) is 6.08 Å². The molecule has 0 saturated heterocycles. The number of carbonyl (C=O) groups is 2. The number of furan rings is 1. The smallest absolute Gasteiger partial charge is 0.374 e. The van der Waals surface area contributed by atoms with Crippen LogP contribution in [0.2, 0.25) is 0 Å². The third-order valence-electron chi connectivity index (χ3n) is 3.46. The molecule has 2 rings (SSSR count). The van der Waals surface area contributed by atoms with Crippen molar-refractivity contribution in [2.45, 2.75) is 33.3 Å². The fourth-order valence-corrected chi connectivity index (χ4v) is 2.18. The normalized spacial score (nSPS) is 11.2. The van der Waals surface area contributed by atoms with Gasteiger partial charge in [0.15, 0.2) is 0 Å². The lowest BCUT2D eigenvalue weighted by molar-refractivity contribution is -0.143. The average Bonchev–Trinajstić information content (AvgIpc) is 3.07. The van der Waals surface area contributed by atoms with Crippen molar-refractivity contribution in [1.82, 2.24) is 0 Å². The number of rotatable bonds is 8. The standard InChI is InChI=1S/C20H22O5/c1-3-23-19(21)12-9-15(2)13-17-10-11-18(25-17)20(22)24-14-16-7-5-4-6-8-16/h4-8,10-11,13H,3,9,12,14H2,1-2H3. The Kier molecular flexibility index (Phi) is 7.01. The van der Waals surface area contributed by atoms with Crippen LogP contribution in [-0.4, -0.2) is 18.5 Å². The molecule has 25 heavy (non-hydrogen) atoms. The van der Waals surface area contributed by atoms with Gasteiger partial charge < -0.3 is 13.9 Å². The van der Waals surface area contributed by atoms with Crippen LogP contribution < -0.4 is 0 Å². The number of allylic oxidation sites excluding steroid dienone is 1. The molecule has 5 heteroatoms. The Morgan fingerprint density at radius 2 is 1.80 bits per heavy atom. The van der Waals surface area contributed by atoms with Crippen molar-refractivity contribution >= 4 is 18.0 Å². The van der Waals surface area contributed by atoms with E-state index in [4.69, 9.17) is 13.9 Å². The molecule has 0 bridgehead atoms. The van der Waals surface area contributed by atoms with E-state index in [0.717, 1.165) is 11.1 Å². The summed E-state index contributed by atoms with van der Waals surface area (Å²) in [5, 5.41) is 0. The van der Waals surface area contributed by atoms with E-state index in [0.29, 0.717) is 25.2 Å². The Bertz CT molecular complexity index is 728. The van der Waals surface area contributed by atoms with E-state index in [-0.39, 0.29) is 18.3 Å². The molecule has 5 nitrogen and oxygen atoms in total. The van der Waals surface area contributed by atoms with Gasteiger partial charge in [0.2, 0.25) is 5.76 Å². The molecule has 0 aliphatic carbocycles. The fraction of sp³-hybridized carbons (Fsp3) is 0.300. The molecule has 0 aliphatic heterocycles. The monoisotopic (exact) mass is 342 g/mol. The molecular formula is C20H22O5. The van der Waals surface area contributed by atoms with Gasteiger partial charge in [-0.1, -0.05) is 35.9 Å². The van der Waals surface area contributed by atoms with Crippen LogP contribution in [0.4, 0.5) is 0 Å². The predicted molar refractivity (Wildman–Crippen MR) is 93.8 cm³/mol. The largest absolute Gasteiger partial charge is 0.466 e. The topological polar surface area (TPSA) is 65.7 Å². The Morgan fingerprint density at radius 3 is 2.52 bits per heavy atom. The van der Waals surface area contributed by atoms with Gasteiger partial charge >= 0.3 is 11.9 Å². The zero-order valence-electron chi connectivity index (χ0n) is 14.5. The second-order valence-electron chi connectivity index (χ2n) is 5.56. The van der Waals surface area contributed by atoms with Crippen molar-refractivity contribution in [3.8, 4) is 0 Å². The number of hydrogen-bond donors (Lipinski definition) is 0. The van der Waals surface area contributed by atoms with Crippen LogP contribution in [-0.2, 0) is 20.9 Å². The maximum atomic E-state index is 12.0. The number of hydrogen-bond acceptors (Lipinski definition) is 5. The number of ether oxygens (including phenoxy) is 2. The SMILES string of the molecule is CCOC(=O)CCC(C)=Cc1ccc(C(=O)OCc2ccccc2)o1. The quantitative estimate of drug-likeness (QED) is 0.666. The van der Waals surface area contributed by atoms with E-state index in [1.807, 2.05) is 37.3 Å².